The third-order valence-electron chi connectivity index (χ3n) is 2.71. The van der Waals surface area contributed by atoms with Crippen molar-refractivity contribution >= 4 is 11.8 Å². The molecule has 0 aromatic carbocycles. The summed E-state index contributed by atoms with van der Waals surface area (Å²) in [6.07, 6.45) is 0.771. The van der Waals surface area contributed by atoms with Gasteiger partial charge in [-0.25, -0.2) is 9.97 Å². The lowest BCUT2D eigenvalue weighted by Crippen LogP contribution is -1.99. The maximum atomic E-state index is 9.20. The van der Waals surface area contributed by atoms with E-state index in [0.717, 1.165) is 6.42 Å². The first-order chi connectivity index (χ1) is 9.99. The summed E-state index contributed by atoms with van der Waals surface area (Å²) in [6, 6.07) is 2.15. The van der Waals surface area contributed by atoms with E-state index >= 15 is 0 Å². The van der Waals surface area contributed by atoms with Crippen molar-refractivity contribution in [2.45, 2.75) is 44.9 Å². The summed E-state index contributed by atoms with van der Waals surface area (Å²) in [7, 11) is 0. The molecule has 2 aromatic rings. The number of aryl methyl sites for hydroxylation is 2. The molecule has 0 radical (unpaired) electrons. The summed E-state index contributed by atoms with van der Waals surface area (Å²) < 4.78 is 5.20. The molecular weight excluding hydrogens is 286 g/mol. The van der Waals surface area contributed by atoms with Crippen LogP contribution in [0.1, 0.15) is 42.6 Å². The Labute approximate surface area is 128 Å². The van der Waals surface area contributed by atoms with Crippen LogP contribution in [-0.2, 0) is 12.2 Å². The van der Waals surface area contributed by atoms with Crippen LogP contribution < -0.4 is 0 Å². The number of hydrogen-bond acceptors (Lipinski definition) is 7. The van der Waals surface area contributed by atoms with Crippen molar-refractivity contribution in [3.63, 3.8) is 0 Å². The van der Waals surface area contributed by atoms with Gasteiger partial charge in [0.2, 0.25) is 5.89 Å². The van der Waals surface area contributed by atoms with E-state index in [1.807, 2.05) is 13.8 Å². The van der Waals surface area contributed by atoms with Gasteiger partial charge in [0.1, 0.15) is 22.5 Å². The highest BCUT2D eigenvalue weighted by Crippen LogP contribution is 2.24. The summed E-state index contributed by atoms with van der Waals surface area (Å²) in [5.41, 5.74) is 1.21. The minimum Gasteiger partial charge on any atom is -0.339 e. The highest BCUT2D eigenvalue weighted by molar-refractivity contribution is 7.98. The maximum absolute atomic E-state index is 9.20. The molecule has 6 nitrogen and oxygen atoms in total. The molecule has 0 saturated carbocycles. The monoisotopic (exact) mass is 303 g/mol. The molecule has 7 heteroatoms. The summed E-state index contributed by atoms with van der Waals surface area (Å²) >= 11 is 1.43. The molecule has 0 bridgehead atoms. The predicted octanol–water partition coefficient (Wildman–Crippen LogP) is 2.84. The lowest BCUT2D eigenvalue weighted by atomic mass is 10.1. The Balaban J connectivity index is 2.10. The van der Waals surface area contributed by atoms with E-state index in [1.165, 1.54) is 11.8 Å². The molecule has 2 rings (SSSR count). The van der Waals surface area contributed by atoms with Gasteiger partial charge in [0.25, 0.3) is 0 Å². The topological polar surface area (TPSA) is 88.5 Å². The molecule has 0 saturated heterocycles. The van der Waals surface area contributed by atoms with Crippen molar-refractivity contribution < 1.29 is 4.52 Å². The normalized spacial score (nSPS) is 10.9. The van der Waals surface area contributed by atoms with Crippen LogP contribution >= 0.6 is 11.8 Å². The molecule has 0 unspecified atom stereocenters. The van der Waals surface area contributed by atoms with Gasteiger partial charge in [-0.15, -0.1) is 0 Å². The Morgan fingerprint density at radius 1 is 1.24 bits per heavy atom. The van der Waals surface area contributed by atoms with Crippen molar-refractivity contribution in [1.82, 2.24) is 20.1 Å². The van der Waals surface area contributed by atoms with Gasteiger partial charge in [0.15, 0.2) is 5.82 Å². The van der Waals surface area contributed by atoms with E-state index in [1.54, 1.807) is 0 Å². The van der Waals surface area contributed by atoms with E-state index < -0.39 is 0 Å². The third-order valence-corrected chi connectivity index (χ3v) is 3.68. The number of aromatic nitrogens is 4. The minimum atomic E-state index is 0.475. The highest BCUT2D eigenvalue weighted by atomic mass is 32.2. The quantitative estimate of drug-likeness (QED) is 0.619. The van der Waals surface area contributed by atoms with E-state index in [9.17, 15) is 5.26 Å². The second kappa shape index (κ2) is 6.68. The lowest BCUT2D eigenvalue weighted by Gasteiger charge is -2.04. The number of rotatable bonds is 5. The molecule has 0 spiro atoms. The van der Waals surface area contributed by atoms with Crippen LogP contribution in [0.2, 0.25) is 0 Å². The SMILES string of the molecule is Cc1nc(C)c(C#N)c(SCc2noc(CC(C)C)n2)n1. The van der Waals surface area contributed by atoms with Crippen LogP contribution in [-0.4, -0.2) is 20.1 Å². The molecule has 2 heterocycles. The van der Waals surface area contributed by atoms with Gasteiger partial charge < -0.3 is 4.52 Å². The molecule has 110 valence electrons. The Hall–Kier alpha value is -1.94. The standard InChI is InChI=1S/C14H17N5OS/c1-8(2)5-13-18-12(19-20-13)7-21-14-11(6-15)9(3)16-10(4)17-14/h8H,5,7H2,1-4H3. The highest BCUT2D eigenvalue weighted by Gasteiger charge is 2.13. The molecular formula is C14H17N5OS. The van der Waals surface area contributed by atoms with Crippen LogP contribution in [0.4, 0.5) is 0 Å². The fourth-order valence-electron chi connectivity index (χ4n) is 1.83. The molecule has 0 fully saturated rings. The summed E-state index contributed by atoms with van der Waals surface area (Å²) in [5, 5.41) is 13.8. The molecule has 0 aliphatic rings. The molecule has 21 heavy (non-hydrogen) atoms. The first kappa shape index (κ1) is 15.4. The predicted molar refractivity (Wildman–Crippen MR) is 78.6 cm³/mol. The number of thioether (sulfide) groups is 1. The van der Waals surface area contributed by atoms with Gasteiger partial charge >= 0.3 is 0 Å². The van der Waals surface area contributed by atoms with Crippen molar-refractivity contribution in [3.8, 4) is 6.07 Å². The fourth-order valence-corrected chi connectivity index (χ4v) is 2.75. The summed E-state index contributed by atoms with van der Waals surface area (Å²) in [6.45, 7) is 7.83. The zero-order valence-corrected chi connectivity index (χ0v) is 13.4. The van der Waals surface area contributed by atoms with Crippen LogP contribution in [0.3, 0.4) is 0 Å². The molecule has 0 aliphatic carbocycles. The van der Waals surface area contributed by atoms with Crippen molar-refractivity contribution in [3.05, 3.63) is 28.8 Å². The Morgan fingerprint density at radius 3 is 2.67 bits per heavy atom. The average molecular weight is 303 g/mol. The Bertz CT molecular complexity index is 674. The second-order valence-electron chi connectivity index (χ2n) is 5.14. The van der Waals surface area contributed by atoms with Crippen LogP contribution in [0.5, 0.6) is 0 Å². The molecule has 0 atom stereocenters. The number of nitriles is 1. The van der Waals surface area contributed by atoms with Gasteiger partial charge in [0.05, 0.1) is 11.4 Å². The second-order valence-corrected chi connectivity index (χ2v) is 6.10. The summed E-state index contributed by atoms with van der Waals surface area (Å²) in [5.74, 6) is 2.92. The zero-order valence-electron chi connectivity index (χ0n) is 12.5. The molecule has 0 aliphatic heterocycles. The summed E-state index contributed by atoms with van der Waals surface area (Å²) in [4.78, 5) is 12.9. The average Bonchev–Trinajstić information content (AvgIpc) is 2.82. The zero-order chi connectivity index (χ0) is 15.4. The maximum Gasteiger partial charge on any atom is 0.226 e. The first-order valence-corrected chi connectivity index (χ1v) is 7.67. The van der Waals surface area contributed by atoms with E-state index in [-0.39, 0.29) is 0 Å². The van der Waals surface area contributed by atoms with Gasteiger partial charge in [-0.3, -0.25) is 0 Å². The van der Waals surface area contributed by atoms with E-state index in [0.29, 0.717) is 45.5 Å². The Kier molecular flexibility index (Phi) is 4.91. The fraction of sp³-hybridized carbons (Fsp3) is 0.500. The molecule has 0 amide bonds. The van der Waals surface area contributed by atoms with Gasteiger partial charge in [-0.05, 0) is 19.8 Å². The molecule has 0 N–H and O–H groups in total. The van der Waals surface area contributed by atoms with Crippen molar-refractivity contribution in [2.75, 3.05) is 0 Å². The number of hydrogen-bond donors (Lipinski definition) is 0. The largest absolute Gasteiger partial charge is 0.339 e. The minimum absolute atomic E-state index is 0.475. The van der Waals surface area contributed by atoms with Crippen LogP contribution in [0.25, 0.3) is 0 Å². The lowest BCUT2D eigenvalue weighted by molar-refractivity contribution is 0.360. The van der Waals surface area contributed by atoms with Crippen LogP contribution in [0, 0.1) is 31.1 Å². The third kappa shape index (κ3) is 4.02. The van der Waals surface area contributed by atoms with Crippen LogP contribution in [0.15, 0.2) is 9.55 Å². The number of nitrogens with zero attached hydrogens (tertiary/aromatic N) is 5. The van der Waals surface area contributed by atoms with E-state index in [4.69, 9.17) is 4.52 Å². The van der Waals surface area contributed by atoms with Gasteiger partial charge in [0, 0.05) is 6.42 Å². The van der Waals surface area contributed by atoms with Crippen molar-refractivity contribution in [2.24, 2.45) is 5.92 Å². The molecule has 2 aromatic heterocycles. The van der Waals surface area contributed by atoms with E-state index in [2.05, 4.69) is 40.0 Å². The van der Waals surface area contributed by atoms with Gasteiger partial charge in [-0.2, -0.15) is 10.2 Å². The smallest absolute Gasteiger partial charge is 0.226 e. The van der Waals surface area contributed by atoms with Gasteiger partial charge in [-0.1, -0.05) is 30.8 Å². The Morgan fingerprint density at radius 2 is 2.00 bits per heavy atom. The van der Waals surface area contributed by atoms with Crippen molar-refractivity contribution in [1.29, 1.82) is 5.26 Å². The first-order valence-electron chi connectivity index (χ1n) is 6.69.